The second kappa shape index (κ2) is 8.61. The maximum atomic E-state index is 12.7. The Hall–Kier alpha value is -3.28. The van der Waals surface area contributed by atoms with Crippen LogP contribution < -0.4 is 18.9 Å². The van der Waals surface area contributed by atoms with Gasteiger partial charge in [0, 0.05) is 6.07 Å². The maximum Gasteiger partial charge on any atom is 0.314 e. The molecule has 0 radical (unpaired) electrons. The van der Waals surface area contributed by atoms with Crippen molar-refractivity contribution in [3.63, 3.8) is 0 Å². The van der Waals surface area contributed by atoms with Gasteiger partial charge >= 0.3 is 5.97 Å². The molecular formula is C24H24O6. The average Bonchev–Trinajstić information content (AvgIpc) is 3.08. The third-order valence-electron chi connectivity index (χ3n) is 5.50. The summed E-state index contributed by atoms with van der Waals surface area (Å²) in [6.45, 7) is 0. The number of carbonyl (C=O) groups is 2. The molecule has 2 aromatic carbocycles. The van der Waals surface area contributed by atoms with Crippen LogP contribution in [-0.2, 0) is 4.79 Å². The summed E-state index contributed by atoms with van der Waals surface area (Å²) in [5.41, 5.74) is 1.19. The number of fused-ring (bicyclic) bond motifs is 1. The zero-order valence-electron chi connectivity index (χ0n) is 17.1. The molecule has 0 bridgehead atoms. The monoisotopic (exact) mass is 408 g/mol. The maximum absolute atomic E-state index is 12.7. The quantitative estimate of drug-likeness (QED) is 0.402. The molecule has 1 heterocycles. The molecule has 0 atom stereocenters. The number of ether oxygens (including phenoxy) is 4. The molecule has 2 aliphatic rings. The first-order chi connectivity index (χ1) is 14.6. The summed E-state index contributed by atoms with van der Waals surface area (Å²) < 4.78 is 21.9. The number of carbonyl (C=O) groups excluding carboxylic acids is 2. The molecule has 6 nitrogen and oxygen atoms in total. The van der Waals surface area contributed by atoms with Crippen LogP contribution in [-0.4, -0.2) is 26.0 Å². The number of benzene rings is 2. The Kier molecular flexibility index (Phi) is 5.74. The second-order valence-corrected chi connectivity index (χ2v) is 7.47. The highest BCUT2D eigenvalue weighted by Crippen LogP contribution is 2.36. The molecule has 1 fully saturated rings. The van der Waals surface area contributed by atoms with Crippen molar-refractivity contribution in [1.82, 2.24) is 0 Å². The van der Waals surface area contributed by atoms with Gasteiger partial charge in [0.05, 0.1) is 25.7 Å². The van der Waals surface area contributed by atoms with Gasteiger partial charge in [0.25, 0.3) is 0 Å². The van der Waals surface area contributed by atoms with Crippen molar-refractivity contribution in [2.45, 2.75) is 32.1 Å². The van der Waals surface area contributed by atoms with Gasteiger partial charge in [-0.2, -0.15) is 0 Å². The molecule has 0 saturated heterocycles. The van der Waals surface area contributed by atoms with E-state index in [0.717, 1.165) is 31.2 Å². The fraction of sp³-hybridized carbons (Fsp3) is 0.333. The molecule has 0 aromatic heterocycles. The predicted molar refractivity (Wildman–Crippen MR) is 111 cm³/mol. The lowest BCUT2D eigenvalue weighted by Crippen LogP contribution is -2.22. The lowest BCUT2D eigenvalue weighted by molar-refractivity contribution is -0.139. The van der Waals surface area contributed by atoms with Crippen molar-refractivity contribution in [1.29, 1.82) is 0 Å². The zero-order valence-corrected chi connectivity index (χ0v) is 17.1. The number of allylic oxidation sites excluding steroid dienone is 1. The molecule has 1 saturated carbocycles. The Balaban J connectivity index is 1.51. The zero-order chi connectivity index (χ0) is 21.1. The number of hydrogen-bond donors (Lipinski definition) is 0. The SMILES string of the molecule is COc1ccc(/C=C2/Oc3cc(OC(=O)C4CCCCC4)ccc3C2=O)cc1OC. The van der Waals surface area contributed by atoms with E-state index in [9.17, 15) is 9.59 Å². The predicted octanol–water partition coefficient (Wildman–Crippen LogP) is 4.81. The van der Waals surface area contributed by atoms with Gasteiger partial charge in [0.15, 0.2) is 17.3 Å². The number of methoxy groups -OCH3 is 2. The van der Waals surface area contributed by atoms with Gasteiger partial charge in [-0.05, 0) is 48.7 Å². The summed E-state index contributed by atoms with van der Waals surface area (Å²) in [6.07, 6.45) is 6.69. The van der Waals surface area contributed by atoms with Crippen LogP contribution in [0.1, 0.15) is 48.0 Å². The van der Waals surface area contributed by atoms with Crippen LogP contribution in [0.5, 0.6) is 23.0 Å². The Morgan fingerprint density at radius 1 is 1.00 bits per heavy atom. The highest BCUT2D eigenvalue weighted by molar-refractivity contribution is 6.14. The molecule has 1 aliphatic carbocycles. The van der Waals surface area contributed by atoms with Gasteiger partial charge in [-0.3, -0.25) is 9.59 Å². The number of Topliss-reactive ketones (excluding diaryl/α,β-unsaturated/α-hetero) is 1. The smallest absolute Gasteiger partial charge is 0.314 e. The van der Waals surface area contributed by atoms with Crippen molar-refractivity contribution in [3.05, 3.63) is 53.3 Å². The normalized spacial score (nSPS) is 17.4. The number of hydrogen-bond acceptors (Lipinski definition) is 6. The van der Waals surface area contributed by atoms with E-state index < -0.39 is 0 Å². The van der Waals surface area contributed by atoms with E-state index in [1.165, 1.54) is 6.42 Å². The standard InChI is InChI=1S/C24H24O6/c1-27-19-11-8-15(12-21(19)28-2)13-22-23(25)18-10-9-17(14-20(18)30-22)29-24(26)16-6-4-3-5-7-16/h8-14,16H,3-7H2,1-2H3/b22-13+. The Morgan fingerprint density at radius 2 is 1.77 bits per heavy atom. The van der Waals surface area contributed by atoms with Crippen LogP contribution in [0, 0.1) is 5.92 Å². The first-order valence-electron chi connectivity index (χ1n) is 10.1. The molecule has 0 spiro atoms. The minimum atomic E-state index is -0.218. The van der Waals surface area contributed by atoms with E-state index >= 15 is 0 Å². The van der Waals surface area contributed by atoms with Gasteiger partial charge in [-0.1, -0.05) is 25.3 Å². The van der Waals surface area contributed by atoms with E-state index in [4.69, 9.17) is 18.9 Å². The second-order valence-electron chi connectivity index (χ2n) is 7.47. The third-order valence-corrected chi connectivity index (χ3v) is 5.50. The lowest BCUT2D eigenvalue weighted by atomic mass is 9.89. The fourth-order valence-corrected chi connectivity index (χ4v) is 3.86. The van der Waals surface area contributed by atoms with Gasteiger partial charge < -0.3 is 18.9 Å². The van der Waals surface area contributed by atoms with Crippen molar-refractivity contribution in [2.24, 2.45) is 5.92 Å². The van der Waals surface area contributed by atoms with Crippen LogP contribution in [0.2, 0.25) is 0 Å². The van der Waals surface area contributed by atoms with Crippen LogP contribution in [0.3, 0.4) is 0 Å². The highest BCUT2D eigenvalue weighted by Gasteiger charge is 2.29. The summed E-state index contributed by atoms with van der Waals surface area (Å²) in [5.74, 6) is 1.68. The van der Waals surface area contributed by atoms with E-state index in [1.54, 1.807) is 50.6 Å². The molecule has 156 valence electrons. The van der Waals surface area contributed by atoms with E-state index in [2.05, 4.69) is 0 Å². The number of rotatable bonds is 5. The molecular weight excluding hydrogens is 384 g/mol. The van der Waals surface area contributed by atoms with Crippen molar-refractivity contribution in [3.8, 4) is 23.0 Å². The van der Waals surface area contributed by atoms with Crippen LogP contribution in [0.4, 0.5) is 0 Å². The van der Waals surface area contributed by atoms with Crippen LogP contribution in [0.25, 0.3) is 6.08 Å². The fourth-order valence-electron chi connectivity index (χ4n) is 3.86. The molecule has 0 amide bonds. The van der Waals surface area contributed by atoms with Gasteiger partial charge in [-0.15, -0.1) is 0 Å². The molecule has 6 heteroatoms. The van der Waals surface area contributed by atoms with Gasteiger partial charge in [0.2, 0.25) is 5.78 Å². The number of ketones is 1. The molecule has 0 unspecified atom stereocenters. The topological polar surface area (TPSA) is 71.1 Å². The van der Waals surface area contributed by atoms with E-state index in [0.29, 0.717) is 28.6 Å². The van der Waals surface area contributed by atoms with E-state index in [-0.39, 0.29) is 23.4 Å². The summed E-state index contributed by atoms with van der Waals surface area (Å²) >= 11 is 0. The molecule has 4 rings (SSSR count). The van der Waals surface area contributed by atoms with Crippen LogP contribution >= 0.6 is 0 Å². The van der Waals surface area contributed by atoms with Gasteiger partial charge in [0.1, 0.15) is 11.5 Å². The Labute approximate surface area is 175 Å². The molecule has 0 N–H and O–H groups in total. The minimum absolute atomic E-state index is 0.0462. The first-order valence-corrected chi connectivity index (χ1v) is 10.1. The average molecular weight is 408 g/mol. The summed E-state index contributed by atoms with van der Waals surface area (Å²) in [6, 6.07) is 10.2. The molecule has 1 aliphatic heterocycles. The van der Waals surface area contributed by atoms with Crippen molar-refractivity contribution in [2.75, 3.05) is 14.2 Å². The van der Waals surface area contributed by atoms with Crippen LogP contribution in [0.15, 0.2) is 42.2 Å². The number of esters is 1. The highest BCUT2D eigenvalue weighted by atomic mass is 16.5. The van der Waals surface area contributed by atoms with Gasteiger partial charge in [-0.25, -0.2) is 0 Å². The Morgan fingerprint density at radius 3 is 2.50 bits per heavy atom. The summed E-state index contributed by atoms with van der Waals surface area (Å²) in [4.78, 5) is 25.1. The minimum Gasteiger partial charge on any atom is -0.493 e. The van der Waals surface area contributed by atoms with Crippen molar-refractivity contribution < 1.29 is 28.5 Å². The Bertz CT molecular complexity index is 1000. The molecule has 2 aromatic rings. The lowest BCUT2D eigenvalue weighted by Gasteiger charge is -2.19. The molecule has 30 heavy (non-hydrogen) atoms. The largest absolute Gasteiger partial charge is 0.493 e. The van der Waals surface area contributed by atoms with Crippen molar-refractivity contribution >= 4 is 17.8 Å². The third kappa shape index (κ3) is 4.03. The van der Waals surface area contributed by atoms with E-state index in [1.807, 2.05) is 6.07 Å². The summed E-state index contributed by atoms with van der Waals surface area (Å²) in [5, 5.41) is 0. The summed E-state index contributed by atoms with van der Waals surface area (Å²) in [7, 11) is 3.12. The first kappa shape index (κ1) is 20.0.